The largest absolute Gasteiger partial charge is 0.484 e. The van der Waals surface area contributed by atoms with Gasteiger partial charge in [-0.3, -0.25) is 9.59 Å². The molecule has 4 atom stereocenters. The molecular formula is C21H25N5O4. The van der Waals surface area contributed by atoms with Crippen LogP contribution in [0.1, 0.15) is 13.8 Å². The Morgan fingerprint density at radius 3 is 2.67 bits per heavy atom. The van der Waals surface area contributed by atoms with E-state index in [2.05, 4.69) is 27.7 Å². The zero-order valence-corrected chi connectivity index (χ0v) is 17.0. The molecule has 9 nitrogen and oxygen atoms in total. The van der Waals surface area contributed by atoms with Gasteiger partial charge in [-0.25, -0.2) is 4.68 Å². The fourth-order valence-electron chi connectivity index (χ4n) is 4.31. The fourth-order valence-corrected chi connectivity index (χ4v) is 4.31. The highest BCUT2D eigenvalue weighted by Gasteiger charge is 2.45. The van der Waals surface area contributed by atoms with Gasteiger partial charge >= 0.3 is 5.97 Å². The van der Waals surface area contributed by atoms with Crippen LogP contribution in [0, 0.1) is 23.7 Å². The van der Waals surface area contributed by atoms with Crippen molar-refractivity contribution in [2.75, 3.05) is 26.3 Å². The van der Waals surface area contributed by atoms with Crippen molar-refractivity contribution in [2.45, 2.75) is 13.8 Å². The normalized spacial score (nSPS) is 25.1. The van der Waals surface area contributed by atoms with Gasteiger partial charge in [0.2, 0.25) is 0 Å². The number of esters is 1. The number of rotatable bonds is 6. The molecule has 2 heterocycles. The Morgan fingerprint density at radius 1 is 1.17 bits per heavy atom. The number of carbonyl (C=O) groups is 2. The van der Waals surface area contributed by atoms with Gasteiger partial charge in [-0.15, -0.1) is 5.10 Å². The molecule has 0 bridgehead atoms. The van der Waals surface area contributed by atoms with E-state index in [0.29, 0.717) is 25.4 Å². The van der Waals surface area contributed by atoms with Crippen LogP contribution in [0.5, 0.6) is 5.75 Å². The van der Waals surface area contributed by atoms with E-state index in [1.807, 2.05) is 26.0 Å². The number of hydrogen-bond donors (Lipinski definition) is 0. The number of nitrogens with zero attached hydrogens (tertiary/aromatic N) is 5. The zero-order chi connectivity index (χ0) is 21.1. The summed E-state index contributed by atoms with van der Waals surface area (Å²) in [7, 11) is 0. The minimum atomic E-state index is -0.211. The van der Waals surface area contributed by atoms with Crippen molar-refractivity contribution in [3.63, 3.8) is 0 Å². The molecule has 158 valence electrons. The molecule has 0 unspecified atom stereocenters. The average Bonchev–Trinajstić information content (AvgIpc) is 3.42. The molecule has 0 saturated carbocycles. The first-order valence-corrected chi connectivity index (χ1v) is 10.2. The second kappa shape index (κ2) is 8.64. The van der Waals surface area contributed by atoms with Crippen molar-refractivity contribution in [1.29, 1.82) is 0 Å². The third-order valence-electron chi connectivity index (χ3n) is 5.83. The number of benzene rings is 1. The predicted molar refractivity (Wildman–Crippen MR) is 107 cm³/mol. The van der Waals surface area contributed by atoms with Gasteiger partial charge < -0.3 is 14.4 Å². The van der Waals surface area contributed by atoms with Crippen molar-refractivity contribution in [3.8, 4) is 11.4 Å². The average molecular weight is 411 g/mol. The minimum Gasteiger partial charge on any atom is -0.484 e. The van der Waals surface area contributed by atoms with Gasteiger partial charge in [0.15, 0.2) is 6.61 Å². The third kappa shape index (κ3) is 4.05. The maximum absolute atomic E-state index is 12.7. The molecule has 1 aliphatic carbocycles. The molecule has 1 amide bonds. The number of amides is 1. The first kappa shape index (κ1) is 20.1. The van der Waals surface area contributed by atoms with E-state index in [1.54, 1.807) is 17.0 Å². The number of ether oxygens (including phenoxy) is 2. The van der Waals surface area contributed by atoms with Crippen LogP contribution in [0.15, 0.2) is 42.7 Å². The summed E-state index contributed by atoms with van der Waals surface area (Å²) < 4.78 is 12.5. The Hall–Kier alpha value is -3.23. The Balaban J connectivity index is 1.35. The predicted octanol–water partition coefficient (Wildman–Crippen LogP) is 1.50. The monoisotopic (exact) mass is 411 g/mol. The van der Waals surface area contributed by atoms with Gasteiger partial charge in [-0.1, -0.05) is 19.1 Å². The molecule has 4 rings (SSSR count). The minimum absolute atomic E-state index is 0.0486. The van der Waals surface area contributed by atoms with Gasteiger partial charge in [0.25, 0.3) is 5.91 Å². The Bertz CT molecular complexity index is 912. The lowest BCUT2D eigenvalue weighted by atomic mass is 9.72. The molecule has 0 radical (unpaired) electrons. The summed E-state index contributed by atoms with van der Waals surface area (Å²) in [5, 5.41) is 11.0. The van der Waals surface area contributed by atoms with Crippen LogP contribution >= 0.6 is 0 Å². The van der Waals surface area contributed by atoms with Gasteiger partial charge in [0, 0.05) is 13.1 Å². The lowest BCUT2D eigenvalue weighted by Gasteiger charge is -2.31. The summed E-state index contributed by atoms with van der Waals surface area (Å²) >= 11 is 0. The lowest BCUT2D eigenvalue weighted by Crippen LogP contribution is -2.38. The van der Waals surface area contributed by atoms with E-state index >= 15 is 0 Å². The summed E-state index contributed by atoms with van der Waals surface area (Å²) in [6.07, 6.45) is 5.71. The number of likely N-dealkylation sites (tertiary alicyclic amines) is 1. The number of allylic oxidation sites excluding steroid dienone is 1. The van der Waals surface area contributed by atoms with Crippen LogP contribution in [0.2, 0.25) is 0 Å². The van der Waals surface area contributed by atoms with Crippen LogP contribution in [-0.4, -0.2) is 63.3 Å². The van der Waals surface area contributed by atoms with Crippen molar-refractivity contribution >= 4 is 11.9 Å². The van der Waals surface area contributed by atoms with E-state index in [4.69, 9.17) is 9.47 Å². The highest BCUT2D eigenvalue weighted by atomic mass is 16.5. The first-order valence-electron chi connectivity index (χ1n) is 10.2. The van der Waals surface area contributed by atoms with Gasteiger partial charge in [-0.05, 0) is 59.4 Å². The topological polar surface area (TPSA) is 99.4 Å². The molecule has 0 N–H and O–H groups in total. The van der Waals surface area contributed by atoms with Gasteiger partial charge in [-0.2, -0.15) is 0 Å². The quantitative estimate of drug-likeness (QED) is 0.525. The van der Waals surface area contributed by atoms with E-state index in [-0.39, 0.29) is 42.2 Å². The van der Waals surface area contributed by atoms with E-state index in [1.165, 1.54) is 11.0 Å². The molecule has 2 aromatic rings. The van der Waals surface area contributed by atoms with Gasteiger partial charge in [0.1, 0.15) is 12.1 Å². The van der Waals surface area contributed by atoms with Crippen LogP contribution in [-0.2, 0) is 14.3 Å². The van der Waals surface area contributed by atoms with E-state index in [0.717, 1.165) is 5.69 Å². The molecule has 1 aromatic heterocycles. The van der Waals surface area contributed by atoms with Gasteiger partial charge in [0.05, 0.1) is 18.2 Å². The second-order valence-electron chi connectivity index (χ2n) is 7.69. The van der Waals surface area contributed by atoms with Crippen LogP contribution in [0.4, 0.5) is 0 Å². The summed E-state index contributed by atoms with van der Waals surface area (Å²) in [5.74, 6) is 0.497. The van der Waals surface area contributed by atoms with E-state index in [9.17, 15) is 9.59 Å². The standard InChI is InChI=1S/C21H25N5O4/c1-3-29-21(28)20-14(2)4-5-15-10-25(11-18(15)20)19(27)12-30-17-8-6-16(7-9-17)26-13-22-23-24-26/h4-9,13-15,18,20H,3,10-12H2,1-2H3/t14-,15-,18-,20-/m0/s1. The SMILES string of the molecule is CCOC(=O)[C@@H]1[C@H]2CN(C(=O)COc3ccc(-n4cnnn4)cc3)C[C@@H]2C=C[C@@H]1C. The molecular weight excluding hydrogens is 386 g/mol. The highest BCUT2D eigenvalue weighted by Crippen LogP contribution is 2.40. The highest BCUT2D eigenvalue weighted by molar-refractivity contribution is 5.79. The smallest absolute Gasteiger partial charge is 0.309 e. The van der Waals surface area contributed by atoms with Crippen molar-refractivity contribution in [1.82, 2.24) is 25.1 Å². The molecule has 0 spiro atoms. The number of carbonyl (C=O) groups excluding carboxylic acids is 2. The Labute approximate surface area is 174 Å². The van der Waals surface area contributed by atoms with Crippen LogP contribution in [0.3, 0.4) is 0 Å². The van der Waals surface area contributed by atoms with Crippen LogP contribution < -0.4 is 4.74 Å². The van der Waals surface area contributed by atoms with Crippen LogP contribution in [0.25, 0.3) is 5.69 Å². The number of fused-ring (bicyclic) bond motifs is 1. The number of hydrogen-bond acceptors (Lipinski definition) is 7. The van der Waals surface area contributed by atoms with Crippen molar-refractivity contribution in [3.05, 3.63) is 42.7 Å². The maximum Gasteiger partial charge on any atom is 0.309 e. The summed E-state index contributed by atoms with van der Waals surface area (Å²) in [6, 6.07) is 7.18. The maximum atomic E-state index is 12.7. The fraction of sp³-hybridized carbons (Fsp3) is 0.476. The molecule has 30 heavy (non-hydrogen) atoms. The van der Waals surface area contributed by atoms with Crippen molar-refractivity contribution < 1.29 is 19.1 Å². The summed E-state index contributed by atoms with van der Waals surface area (Å²) in [5.41, 5.74) is 0.799. The molecule has 9 heteroatoms. The Kier molecular flexibility index (Phi) is 5.78. The summed E-state index contributed by atoms with van der Waals surface area (Å²) in [4.78, 5) is 27.0. The Morgan fingerprint density at radius 2 is 1.97 bits per heavy atom. The molecule has 1 saturated heterocycles. The number of aromatic nitrogens is 4. The summed E-state index contributed by atoms with van der Waals surface area (Å²) in [6.45, 7) is 5.31. The second-order valence-corrected chi connectivity index (χ2v) is 7.69. The molecule has 2 aliphatic rings. The first-order chi connectivity index (χ1) is 14.6. The molecule has 1 fully saturated rings. The molecule has 1 aliphatic heterocycles. The van der Waals surface area contributed by atoms with Crippen molar-refractivity contribution in [2.24, 2.45) is 23.7 Å². The zero-order valence-electron chi connectivity index (χ0n) is 17.0. The molecule has 1 aromatic carbocycles. The number of tetrazole rings is 1. The van der Waals surface area contributed by atoms with E-state index < -0.39 is 0 Å². The third-order valence-corrected chi connectivity index (χ3v) is 5.83. The lowest BCUT2D eigenvalue weighted by molar-refractivity contribution is -0.152.